The predicted molar refractivity (Wildman–Crippen MR) is 106 cm³/mol. The lowest BCUT2D eigenvalue weighted by atomic mass is 9.97. The van der Waals surface area contributed by atoms with E-state index in [-0.39, 0.29) is 5.91 Å². The number of aromatic nitrogens is 1. The summed E-state index contributed by atoms with van der Waals surface area (Å²) in [4.78, 5) is 20.9. The molecule has 0 radical (unpaired) electrons. The van der Waals surface area contributed by atoms with E-state index in [4.69, 9.17) is 0 Å². The van der Waals surface area contributed by atoms with Gasteiger partial charge in [-0.2, -0.15) is 0 Å². The van der Waals surface area contributed by atoms with Gasteiger partial charge >= 0.3 is 0 Å². The fourth-order valence-electron chi connectivity index (χ4n) is 3.86. The summed E-state index contributed by atoms with van der Waals surface area (Å²) in [6.45, 7) is 5.97. The summed E-state index contributed by atoms with van der Waals surface area (Å²) in [6.07, 6.45) is 4.26. The quantitative estimate of drug-likeness (QED) is 0.826. The van der Waals surface area contributed by atoms with Gasteiger partial charge in [-0.1, -0.05) is 37.3 Å². The van der Waals surface area contributed by atoms with Gasteiger partial charge in [-0.05, 0) is 62.9 Å². The first-order valence-corrected chi connectivity index (χ1v) is 9.85. The molecule has 0 unspecified atom stereocenters. The molecule has 1 saturated heterocycles. The molecule has 26 heavy (non-hydrogen) atoms. The molecule has 1 aromatic carbocycles. The van der Waals surface area contributed by atoms with Crippen LogP contribution in [0.2, 0.25) is 0 Å². The number of H-pyrrole nitrogens is 1. The van der Waals surface area contributed by atoms with Crippen LogP contribution >= 0.6 is 0 Å². The van der Waals surface area contributed by atoms with Gasteiger partial charge in [0.15, 0.2) is 0 Å². The second-order valence-electron chi connectivity index (χ2n) is 7.51. The summed E-state index contributed by atoms with van der Waals surface area (Å²) < 4.78 is 0. The molecular formula is C22H31N3O. The van der Waals surface area contributed by atoms with Gasteiger partial charge in [-0.25, -0.2) is 0 Å². The fourth-order valence-corrected chi connectivity index (χ4v) is 3.86. The summed E-state index contributed by atoms with van der Waals surface area (Å²) in [5.74, 6) is 0.697. The van der Waals surface area contributed by atoms with E-state index < -0.39 is 0 Å². The van der Waals surface area contributed by atoms with Crippen molar-refractivity contribution in [1.82, 2.24) is 14.8 Å². The molecule has 1 aromatic heterocycles. The summed E-state index contributed by atoms with van der Waals surface area (Å²) in [6, 6.07) is 14.4. The molecule has 1 aliphatic rings. The zero-order chi connectivity index (χ0) is 18.4. The van der Waals surface area contributed by atoms with Gasteiger partial charge in [0.25, 0.3) is 5.91 Å². The first kappa shape index (κ1) is 18.7. The number of aromatic amines is 1. The first-order valence-electron chi connectivity index (χ1n) is 9.85. The zero-order valence-electron chi connectivity index (χ0n) is 16.1. The summed E-state index contributed by atoms with van der Waals surface area (Å²) in [7, 11) is 2.18. The van der Waals surface area contributed by atoms with E-state index >= 15 is 0 Å². The van der Waals surface area contributed by atoms with Crippen molar-refractivity contribution in [2.24, 2.45) is 5.92 Å². The van der Waals surface area contributed by atoms with E-state index in [9.17, 15) is 4.79 Å². The van der Waals surface area contributed by atoms with Crippen molar-refractivity contribution in [2.45, 2.75) is 32.6 Å². The van der Waals surface area contributed by atoms with Crippen LogP contribution in [0.5, 0.6) is 0 Å². The first-order chi connectivity index (χ1) is 12.7. The van der Waals surface area contributed by atoms with E-state index in [0.29, 0.717) is 5.92 Å². The molecule has 0 spiro atoms. The minimum Gasteiger partial charge on any atom is -0.354 e. The maximum atomic E-state index is 13.1. The third-order valence-electron chi connectivity index (χ3n) is 5.36. The molecule has 0 bridgehead atoms. The van der Waals surface area contributed by atoms with Crippen LogP contribution in [0.25, 0.3) is 0 Å². The molecule has 0 aliphatic carbocycles. The number of hydrogen-bond donors (Lipinski definition) is 1. The van der Waals surface area contributed by atoms with Gasteiger partial charge < -0.3 is 14.8 Å². The standard InChI is InChI=1S/C22H31N3O/c1-3-20-11-12-21(23-20)22(26)25(15-13-18-8-5-4-6-9-18)17-19-10-7-14-24(2)16-19/h4-6,8-9,11-12,19,23H,3,7,10,13-17H2,1-2H3/t19-/m0/s1. The third kappa shape index (κ3) is 4.98. The third-order valence-corrected chi connectivity index (χ3v) is 5.36. The number of likely N-dealkylation sites (tertiary alicyclic amines) is 1. The van der Waals surface area contributed by atoms with Gasteiger partial charge in [-0.15, -0.1) is 0 Å². The number of nitrogens with one attached hydrogen (secondary N) is 1. The normalized spacial score (nSPS) is 18.0. The van der Waals surface area contributed by atoms with Crippen molar-refractivity contribution in [2.75, 3.05) is 33.2 Å². The lowest BCUT2D eigenvalue weighted by Gasteiger charge is -2.33. The van der Waals surface area contributed by atoms with Gasteiger partial charge in [0, 0.05) is 25.3 Å². The number of hydrogen-bond acceptors (Lipinski definition) is 2. The van der Waals surface area contributed by atoms with Gasteiger partial charge in [0.2, 0.25) is 0 Å². The Labute approximate surface area is 157 Å². The Morgan fingerprint density at radius 2 is 2.04 bits per heavy atom. The van der Waals surface area contributed by atoms with Gasteiger partial charge in [0.05, 0.1) is 0 Å². The van der Waals surface area contributed by atoms with Crippen molar-refractivity contribution >= 4 is 5.91 Å². The highest BCUT2D eigenvalue weighted by molar-refractivity contribution is 5.92. The molecule has 0 saturated carbocycles. The minimum atomic E-state index is 0.133. The lowest BCUT2D eigenvalue weighted by Crippen LogP contribution is -2.42. The Morgan fingerprint density at radius 3 is 2.73 bits per heavy atom. The Bertz CT molecular complexity index is 694. The van der Waals surface area contributed by atoms with Gasteiger partial charge in [0.1, 0.15) is 5.69 Å². The Balaban J connectivity index is 1.70. The summed E-state index contributed by atoms with van der Waals surface area (Å²) in [5.41, 5.74) is 3.12. The molecule has 1 amide bonds. The molecular weight excluding hydrogens is 322 g/mol. The molecule has 2 heterocycles. The minimum absolute atomic E-state index is 0.133. The predicted octanol–water partition coefficient (Wildman–Crippen LogP) is 3.60. The number of rotatable bonds is 7. The van der Waals surface area contributed by atoms with Crippen molar-refractivity contribution in [3.63, 3.8) is 0 Å². The highest BCUT2D eigenvalue weighted by atomic mass is 16.2. The average Bonchev–Trinajstić information content (AvgIpc) is 3.15. The largest absolute Gasteiger partial charge is 0.354 e. The second-order valence-corrected chi connectivity index (χ2v) is 7.51. The van der Waals surface area contributed by atoms with Crippen LogP contribution in [-0.2, 0) is 12.8 Å². The highest BCUT2D eigenvalue weighted by Crippen LogP contribution is 2.18. The summed E-state index contributed by atoms with van der Waals surface area (Å²) in [5, 5.41) is 0. The Hall–Kier alpha value is -2.07. The molecule has 3 rings (SSSR count). The van der Waals surface area contributed by atoms with E-state index in [1.165, 1.54) is 24.9 Å². The number of carbonyl (C=O) groups is 1. The maximum Gasteiger partial charge on any atom is 0.270 e. The molecule has 4 heteroatoms. The van der Waals surface area contributed by atoms with Crippen LogP contribution in [0, 0.1) is 5.92 Å². The Kier molecular flexibility index (Phi) is 6.51. The highest BCUT2D eigenvalue weighted by Gasteiger charge is 2.24. The number of amides is 1. The molecule has 2 aromatic rings. The smallest absolute Gasteiger partial charge is 0.270 e. The summed E-state index contributed by atoms with van der Waals surface area (Å²) >= 11 is 0. The molecule has 1 aliphatic heterocycles. The monoisotopic (exact) mass is 353 g/mol. The average molecular weight is 354 g/mol. The van der Waals surface area contributed by atoms with Crippen LogP contribution in [0.4, 0.5) is 0 Å². The topological polar surface area (TPSA) is 39.3 Å². The Morgan fingerprint density at radius 1 is 1.23 bits per heavy atom. The van der Waals surface area contributed by atoms with E-state index in [1.54, 1.807) is 0 Å². The van der Waals surface area contributed by atoms with Crippen LogP contribution in [0.1, 0.15) is 41.5 Å². The van der Waals surface area contributed by atoms with Gasteiger partial charge in [-0.3, -0.25) is 4.79 Å². The zero-order valence-corrected chi connectivity index (χ0v) is 16.1. The SMILES string of the molecule is CCc1ccc(C(=O)N(CCc2ccccc2)C[C@H]2CCCN(C)C2)[nH]1. The second kappa shape index (κ2) is 9.04. The van der Waals surface area contributed by atoms with Crippen LogP contribution < -0.4 is 0 Å². The van der Waals surface area contributed by atoms with E-state index in [1.807, 2.05) is 18.2 Å². The van der Waals surface area contributed by atoms with E-state index in [0.717, 1.165) is 43.9 Å². The van der Waals surface area contributed by atoms with Crippen LogP contribution in [0.15, 0.2) is 42.5 Å². The van der Waals surface area contributed by atoms with Crippen LogP contribution in [-0.4, -0.2) is 53.9 Å². The fraction of sp³-hybridized carbons (Fsp3) is 0.500. The lowest BCUT2D eigenvalue weighted by molar-refractivity contribution is 0.0688. The number of carbonyl (C=O) groups excluding carboxylic acids is 1. The molecule has 1 N–H and O–H groups in total. The van der Waals surface area contributed by atoms with Crippen molar-refractivity contribution in [3.8, 4) is 0 Å². The maximum absolute atomic E-state index is 13.1. The van der Waals surface area contributed by atoms with Crippen molar-refractivity contribution in [3.05, 3.63) is 59.4 Å². The number of aryl methyl sites for hydroxylation is 1. The number of nitrogens with zero attached hydrogens (tertiary/aromatic N) is 2. The molecule has 140 valence electrons. The van der Waals surface area contributed by atoms with E-state index in [2.05, 4.69) is 53.0 Å². The number of piperidine rings is 1. The number of benzene rings is 1. The van der Waals surface area contributed by atoms with Crippen molar-refractivity contribution in [1.29, 1.82) is 0 Å². The molecule has 4 nitrogen and oxygen atoms in total. The van der Waals surface area contributed by atoms with Crippen LogP contribution in [0.3, 0.4) is 0 Å². The van der Waals surface area contributed by atoms with Crippen molar-refractivity contribution < 1.29 is 4.79 Å². The molecule has 1 fully saturated rings. The molecule has 1 atom stereocenters.